The minimum atomic E-state index is -3.89. The minimum Gasteiger partial charge on any atom is -0.456 e. The van der Waals surface area contributed by atoms with Gasteiger partial charge in [0.1, 0.15) is 11.3 Å². The lowest BCUT2D eigenvalue weighted by atomic mass is 9.93. The average Bonchev–Trinajstić information content (AvgIpc) is 3.06. The van der Waals surface area contributed by atoms with Crippen molar-refractivity contribution < 1.29 is 17.6 Å². The number of nitrogens with zero attached hydrogens (tertiary/aromatic N) is 3. The van der Waals surface area contributed by atoms with Crippen molar-refractivity contribution in [2.45, 2.75) is 17.7 Å². The van der Waals surface area contributed by atoms with Gasteiger partial charge >= 0.3 is 0 Å². The maximum atomic E-state index is 14.2. The molecule has 0 radical (unpaired) electrons. The van der Waals surface area contributed by atoms with E-state index in [4.69, 9.17) is 10.3 Å². The number of nitrogens with one attached hydrogen (secondary N) is 1. The highest BCUT2D eigenvalue weighted by Gasteiger charge is 2.34. The average molecular weight is 596 g/mol. The van der Waals surface area contributed by atoms with E-state index in [0.29, 0.717) is 29.7 Å². The molecule has 2 heterocycles. The van der Waals surface area contributed by atoms with Crippen LogP contribution in [0.2, 0.25) is 0 Å². The molecule has 0 unspecified atom stereocenters. The van der Waals surface area contributed by atoms with Crippen LogP contribution >= 0.6 is 0 Å². The molecule has 9 nitrogen and oxygen atoms in total. The Labute approximate surface area is 250 Å². The minimum absolute atomic E-state index is 0.209. The zero-order valence-corrected chi connectivity index (χ0v) is 24.8. The van der Waals surface area contributed by atoms with Gasteiger partial charge in [-0.25, -0.2) is 14.3 Å². The van der Waals surface area contributed by atoms with Crippen molar-refractivity contribution >= 4 is 38.3 Å². The summed E-state index contributed by atoms with van der Waals surface area (Å²) in [6.45, 7) is 0.466. The molecule has 0 saturated carbocycles. The number of benzene rings is 4. The summed E-state index contributed by atoms with van der Waals surface area (Å²) in [5.74, 6) is 5.34. The van der Waals surface area contributed by atoms with E-state index in [1.807, 2.05) is 85.9 Å². The molecule has 1 aliphatic carbocycles. The van der Waals surface area contributed by atoms with Crippen molar-refractivity contribution in [3.05, 3.63) is 96.4 Å². The number of hydrogen-bond donors (Lipinski definition) is 2. The van der Waals surface area contributed by atoms with Crippen molar-refractivity contribution in [2.24, 2.45) is 16.8 Å². The number of piperidine rings is 1. The second-order valence-electron chi connectivity index (χ2n) is 10.6. The molecule has 3 N–H and O–H groups in total. The Morgan fingerprint density at radius 3 is 2.37 bits per heavy atom. The number of fused-ring (bicyclic) bond motifs is 2. The molecule has 220 valence electrons. The Kier molecular flexibility index (Phi) is 7.74. The molecule has 10 heteroatoms. The van der Waals surface area contributed by atoms with Gasteiger partial charge in [0.15, 0.2) is 0 Å². The van der Waals surface area contributed by atoms with Gasteiger partial charge in [-0.1, -0.05) is 36.4 Å². The van der Waals surface area contributed by atoms with E-state index in [1.54, 1.807) is 19.2 Å². The first kappa shape index (κ1) is 28.6. The van der Waals surface area contributed by atoms with Crippen molar-refractivity contribution in [2.75, 3.05) is 32.1 Å². The number of anilines is 2. The summed E-state index contributed by atoms with van der Waals surface area (Å²) in [4.78, 5) is 18.7. The zero-order valence-electron chi connectivity index (χ0n) is 24.0. The molecule has 3 aliphatic rings. The fourth-order valence-electron chi connectivity index (χ4n) is 5.82. The van der Waals surface area contributed by atoms with Gasteiger partial charge in [-0.15, -0.1) is 0 Å². The number of nitrogens with two attached hydrogens (primary N) is 1. The van der Waals surface area contributed by atoms with Crippen LogP contribution in [0.3, 0.4) is 0 Å². The first-order valence-electron chi connectivity index (χ1n) is 14.1. The number of sulfonamides is 1. The molecule has 1 amide bonds. The third kappa shape index (κ3) is 5.29. The Balaban J connectivity index is 1.51. The third-order valence-electron chi connectivity index (χ3n) is 8.22. The lowest BCUT2D eigenvalue weighted by Crippen LogP contribution is -2.44. The van der Waals surface area contributed by atoms with Gasteiger partial charge in [0.25, 0.3) is 0 Å². The Morgan fingerprint density at radius 1 is 0.930 bits per heavy atom. The summed E-state index contributed by atoms with van der Waals surface area (Å²) in [5, 5.41) is 1.55. The van der Waals surface area contributed by atoms with E-state index in [1.165, 1.54) is 4.31 Å². The van der Waals surface area contributed by atoms with Crippen LogP contribution in [0.5, 0.6) is 0 Å². The first-order valence-corrected chi connectivity index (χ1v) is 15.6. The second-order valence-corrected chi connectivity index (χ2v) is 12.5. The molecule has 1 saturated heterocycles. The predicted molar refractivity (Wildman–Crippen MR) is 168 cm³/mol. The fraction of sp³-hybridized carbons (Fsp3) is 0.212. The van der Waals surface area contributed by atoms with Gasteiger partial charge in [0.2, 0.25) is 15.9 Å². The standard InChI is InChI=1S/C33H33N5O4S/c1-35-23-12-14-26-29(20-23)42-30-21-25(37(2)24-8-4-3-5-9-24)13-15-27(30)32(26)28-10-6-7-11-31(28)43(40,41)38-18-16-22(17-19-38)33(39)36-34/h3-15,20-22H,16-19,34H2,1-2H3,(H,36,39). The van der Waals surface area contributed by atoms with Gasteiger partial charge in [-0.3, -0.25) is 15.2 Å². The summed E-state index contributed by atoms with van der Waals surface area (Å²) in [6.07, 6.45) is 0.809. The van der Waals surface area contributed by atoms with Crippen LogP contribution < -0.4 is 21.5 Å². The molecule has 0 bridgehead atoms. The number of amides is 1. The lowest BCUT2D eigenvalue weighted by Gasteiger charge is -2.31. The van der Waals surface area contributed by atoms with Gasteiger partial charge < -0.3 is 9.32 Å². The van der Waals surface area contributed by atoms with Gasteiger partial charge in [-0.2, -0.15) is 4.31 Å². The SMILES string of the molecule is CN=c1ccc2c(-c3ccccc3S(=O)(=O)N3CCC(C(=O)NN)CC3)c3ccc(N(C)c4ccccc4)cc3oc-2c1. The van der Waals surface area contributed by atoms with Crippen LogP contribution in [0.1, 0.15) is 12.8 Å². The van der Waals surface area contributed by atoms with Gasteiger partial charge in [0, 0.05) is 78.7 Å². The van der Waals surface area contributed by atoms with Crippen LogP contribution in [-0.4, -0.2) is 45.8 Å². The van der Waals surface area contributed by atoms with Crippen LogP contribution in [0.25, 0.3) is 33.4 Å². The normalized spacial score (nSPS) is 15.2. The van der Waals surface area contributed by atoms with Crippen molar-refractivity contribution in [3.63, 3.8) is 0 Å². The number of para-hydroxylation sites is 1. The van der Waals surface area contributed by atoms with Crippen LogP contribution in [0.15, 0.2) is 105 Å². The molecule has 0 spiro atoms. The van der Waals surface area contributed by atoms with E-state index in [0.717, 1.165) is 33.2 Å². The number of rotatable bonds is 6. The summed E-state index contributed by atoms with van der Waals surface area (Å²) >= 11 is 0. The molecule has 3 aromatic carbocycles. The van der Waals surface area contributed by atoms with Crippen LogP contribution in [0.4, 0.5) is 11.4 Å². The molecule has 1 fully saturated rings. The molecular weight excluding hydrogens is 562 g/mol. The maximum absolute atomic E-state index is 14.2. The molecule has 43 heavy (non-hydrogen) atoms. The number of carbonyl (C=O) groups is 1. The Bertz CT molecular complexity index is 1950. The largest absolute Gasteiger partial charge is 0.456 e. The lowest BCUT2D eigenvalue weighted by molar-refractivity contribution is -0.126. The highest BCUT2D eigenvalue weighted by molar-refractivity contribution is 7.89. The number of carbonyl (C=O) groups excluding carboxylic acids is 1. The Morgan fingerprint density at radius 2 is 1.65 bits per heavy atom. The van der Waals surface area contributed by atoms with Crippen molar-refractivity contribution in [3.8, 4) is 22.5 Å². The summed E-state index contributed by atoms with van der Waals surface area (Å²) in [5.41, 5.74) is 6.90. The van der Waals surface area contributed by atoms with E-state index >= 15 is 0 Å². The van der Waals surface area contributed by atoms with Crippen molar-refractivity contribution in [1.82, 2.24) is 9.73 Å². The summed E-state index contributed by atoms with van der Waals surface area (Å²) in [7, 11) is -0.176. The molecular formula is C33H33N5O4S. The quantitative estimate of drug-likeness (QED) is 0.125. The Hall–Kier alpha value is -4.51. The number of hydrazine groups is 1. The second kappa shape index (κ2) is 11.6. The van der Waals surface area contributed by atoms with E-state index in [-0.39, 0.29) is 29.8 Å². The highest BCUT2D eigenvalue weighted by atomic mass is 32.2. The van der Waals surface area contributed by atoms with E-state index in [2.05, 4.69) is 15.3 Å². The van der Waals surface area contributed by atoms with E-state index in [9.17, 15) is 13.2 Å². The van der Waals surface area contributed by atoms with Gasteiger partial charge in [0.05, 0.1) is 10.3 Å². The maximum Gasteiger partial charge on any atom is 0.243 e. The van der Waals surface area contributed by atoms with Crippen LogP contribution in [0, 0.1) is 5.92 Å². The monoisotopic (exact) mass is 595 g/mol. The number of hydrogen-bond acceptors (Lipinski definition) is 7. The molecule has 3 aromatic rings. The summed E-state index contributed by atoms with van der Waals surface area (Å²) in [6, 6.07) is 28.8. The molecule has 2 aliphatic heterocycles. The fourth-order valence-corrected chi connectivity index (χ4v) is 7.49. The highest BCUT2D eigenvalue weighted by Crippen LogP contribution is 2.44. The summed E-state index contributed by atoms with van der Waals surface area (Å²) < 4.78 is 36.2. The smallest absolute Gasteiger partial charge is 0.243 e. The molecule has 6 rings (SSSR count). The van der Waals surface area contributed by atoms with Crippen LogP contribution in [-0.2, 0) is 14.8 Å². The first-order chi connectivity index (χ1) is 20.8. The van der Waals surface area contributed by atoms with Gasteiger partial charge in [-0.05, 0) is 55.3 Å². The predicted octanol–water partition coefficient (Wildman–Crippen LogP) is 4.89. The zero-order chi connectivity index (χ0) is 30.1. The van der Waals surface area contributed by atoms with Crippen molar-refractivity contribution in [1.29, 1.82) is 0 Å². The van der Waals surface area contributed by atoms with E-state index < -0.39 is 10.0 Å². The third-order valence-corrected chi connectivity index (χ3v) is 10.2. The molecule has 0 atom stereocenters. The molecule has 0 aromatic heterocycles. The topological polar surface area (TPSA) is 121 Å².